The maximum absolute atomic E-state index is 11.2. The predicted molar refractivity (Wildman–Crippen MR) is 61.8 cm³/mol. The highest BCUT2D eigenvalue weighted by molar-refractivity contribution is 9.09. The monoisotopic (exact) mass is 265 g/mol. The van der Waals surface area contributed by atoms with E-state index in [9.17, 15) is 4.21 Å². The summed E-state index contributed by atoms with van der Waals surface area (Å²) in [6, 6.07) is 0.436. The summed E-state index contributed by atoms with van der Waals surface area (Å²) in [6.45, 7) is 7.97. The van der Waals surface area contributed by atoms with Gasteiger partial charge in [-0.2, -0.15) is 0 Å². The zero-order chi connectivity index (χ0) is 9.84. The van der Waals surface area contributed by atoms with Gasteiger partial charge < -0.3 is 0 Å². The summed E-state index contributed by atoms with van der Waals surface area (Å²) in [5.74, 6) is 1.63. The van der Waals surface area contributed by atoms with Gasteiger partial charge in [-0.1, -0.05) is 28.1 Å². The molecule has 1 aliphatic heterocycles. The van der Waals surface area contributed by atoms with Crippen LogP contribution in [0.1, 0.15) is 6.92 Å². The molecule has 1 saturated heterocycles. The number of nitrogens with zero attached hydrogens (tertiary/aromatic N) is 1. The molecule has 0 saturated carbocycles. The van der Waals surface area contributed by atoms with Gasteiger partial charge in [-0.05, 0) is 6.92 Å². The van der Waals surface area contributed by atoms with E-state index in [0.29, 0.717) is 6.04 Å². The van der Waals surface area contributed by atoms with E-state index in [1.807, 2.05) is 0 Å². The van der Waals surface area contributed by atoms with Gasteiger partial charge in [0, 0.05) is 46.8 Å². The first-order valence-electron chi connectivity index (χ1n) is 4.45. The van der Waals surface area contributed by atoms with Crippen LogP contribution in [0, 0.1) is 0 Å². The van der Waals surface area contributed by atoms with E-state index in [1.165, 1.54) is 5.57 Å². The van der Waals surface area contributed by atoms with E-state index < -0.39 is 10.8 Å². The maximum Gasteiger partial charge on any atom is 0.0389 e. The minimum atomic E-state index is -0.591. The molecular formula is C9H16BrNOS. The standard InChI is InChI=1S/C9H16BrNOS/c1-8(5-10)6-11-3-4-13(12)7-9(11)2/h9H,1,3-7H2,2H3. The van der Waals surface area contributed by atoms with Crippen LogP contribution in [0.4, 0.5) is 0 Å². The van der Waals surface area contributed by atoms with Crippen molar-refractivity contribution < 1.29 is 4.21 Å². The normalized spacial score (nSPS) is 30.3. The molecule has 4 heteroatoms. The Balaban J connectivity index is 2.42. The number of hydrogen-bond donors (Lipinski definition) is 0. The molecule has 1 heterocycles. The molecule has 2 atom stereocenters. The van der Waals surface area contributed by atoms with Crippen molar-refractivity contribution in [3.05, 3.63) is 12.2 Å². The molecule has 0 bridgehead atoms. The Kier molecular flexibility index (Phi) is 4.62. The largest absolute Gasteiger partial charge is 0.295 e. The first kappa shape index (κ1) is 11.4. The minimum Gasteiger partial charge on any atom is -0.295 e. The fraction of sp³-hybridized carbons (Fsp3) is 0.778. The fourth-order valence-corrected chi connectivity index (χ4v) is 2.99. The summed E-state index contributed by atoms with van der Waals surface area (Å²) in [5.41, 5.74) is 1.19. The second-order valence-electron chi connectivity index (χ2n) is 3.51. The van der Waals surface area contributed by atoms with Gasteiger partial charge >= 0.3 is 0 Å². The van der Waals surface area contributed by atoms with Crippen LogP contribution in [-0.4, -0.2) is 45.1 Å². The molecule has 0 radical (unpaired) electrons. The van der Waals surface area contributed by atoms with E-state index >= 15 is 0 Å². The molecule has 13 heavy (non-hydrogen) atoms. The van der Waals surface area contributed by atoms with Gasteiger partial charge in [-0.15, -0.1) is 0 Å². The molecule has 76 valence electrons. The Morgan fingerprint density at radius 2 is 2.46 bits per heavy atom. The van der Waals surface area contributed by atoms with Crippen LogP contribution in [0.5, 0.6) is 0 Å². The van der Waals surface area contributed by atoms with E-state index in [1.54, 1.807) is 0 Å². The van der Waals surface area contributed by atoms with Crippen LogP contribution in [0.2, 0.25) is 0 Å². The summed E-state index contributed by atoms with van der Waals surface area (Å²) in [6.07, 6.45) is 0. The Hall–Kier alpha value is 0.330. The smallest absolute Gasteiger partial charge is 0.0389 e. The van der Waals surface area contributed by atoms with Crippen LogP contribution in [0.3, 0.4) is 0 Å². The molecule has 0 N–H and O–H groups in total. The van der Waals surface area contributed by atoms with Crippen molar-refractivity contribution in [3.8, 4) is 0 Å². The van der Waals surface area contributed by atoms with Crippen molar-refractivity contribution in [2.24, 2.45) is 0 Å². The Morgan fingerprint density at radius 1 is 1.77 bits per heavy atom. The molecule has 0 spiro atoms. The van der Waals surface area contributed by atoms with Crippen molar-refractivity contribution >= 4 is 26.7 Å². The van der Waals surface area contributed by atoms with Crippen molar-refractivity contribution in [2.45, 2.75) is 13.0 Å². The lowest BCUT2D eigenvalue weighted by Crippen LogP contribution is -2.45. The third-order valence-electron chi connectivity index (χ3n) is 2.27. The first-order chi connectivity index (χ1) is 6.13. The van der Waals surface area contributed by atoms with Gasteiger partial charge in [0.1, 0.15) is 0 Å². The summed E-state index contributed by atoms with van der Waals surface area (Å²) in [4.78, 5) is 2.35. The van der Waals surface area contributed by atoms with Crippen molar-refractivity contribution in [1.82, 2.24) is 4.90 Å². The molecule has 2 nitrogen and oxygen atoms in total. The second-order valence-corrected chi connectivity index (χ2v) is 5.70. The Bertz CT molecular complexity index is 220. The number of alkyl halides is 1. The quantitative estimate of drug-likeness (QED) is 0.568. The molecule has 0 amide bonds. The van der Waals surface area contributed by atoms with Gasteiger partial charge in [-0.3, -0.25) is 9.11 Å². The molecule has 1 fully saturated rings. The zero-order valence-corrected chi connectivity index (χ0v) is 10.4. The van der Waals surface area contributed by atoms with Crippen LogP contribution in [-0.2, 0) is 10.8 Å². The fourth-order valence-electron chi connectivity index (χ4n) is 1.46. The molecule has 0 aromatic heterocycles. The molecular weight excluding hydrogens is 250 g/mol. The van der Waals surface area contributed by atoms with Crippen LogP contribution >= 0.6 is 15.9 Å². The average Bonchev–Trinajstić information content (AvgIpc) is 2.09. The highest BCUT2D eigenvalue weighted by atomic mass is 79.9. The zero-order valence-electron chi connectivity index (χ0n) is 7.96. The van der Waals surface area contributed by atoms with Gasteiger partial charge in [0.2, 0.25) is 0 Å². The lowest BCUT2D eigenvalue weighted by atomic mass is 10.2. The topological polar surface area (TPSA) is 20.3 Å². The van der Waals surface area contributed by atoms with Crippen LogP contribution in [0.15, 0.2) is 12.2 Å². The summed E-state index contributed by atoms with van der Waals surface area (Å²) >= 11 is 3.39. The first-order valence-corrected chi connectivity index (χ1v) is 7.06. The predicted octanol–water partition coefficient (Wildman–Crippen LogP) is 1.39. The summed E-state index contributed by atoms with van der Waals surface area (Å²) in [7, 11) is -0.591. The Morgan fingerprint density at radius 3 is 3.00 bits per heavy atom. The van der Waals surface area contributed by atoms with Crippen molar-refractivity contribution in [3.63, 3.8) is 0 Å². The molecule has 0 aromatic rings. The van der Waals surface area contributed by atoms with Crippen LogP contribution < -0.4 is 0 Å². The molecule has 1 aliphatic rings. The molecule has 0 aromatic carbocycles. The molecule has 0 aliphatic carbocycles. The van der Waals surface area contributed by atoms with Gasteiger partial charge in [0.15, 0.2) is 0 Å². The number of rotatable bonds is 3. The third-order valence-corrected chi connectivity index (χ3v) is 4.56. The van der Waals surface area contributed by atoms with Crippen LogP contribution in [0.25, 0.3) is 0 Å². The highest BCUT2D eigenvalue weighted by Crippen LogP contribution is 2.11. The minimum absolute atomic E-state index is 0.436. The van der Waals surface area contributed by atoms with Crippen molar-refractivity contribution in [2.75, 3.05) is 29.9 Å². The summed E-state index contributed by atoms with van der Waals surface area (Å²) in [5, 5.41) is 0.860. The van der Waals surface area contributed by atoms with E-state index in [-0.39, 0.29) is 0 Å². The van der Waals surface area contributed by atoms with Gasteiger partial charge in [-0.25, -0.2) is 0 Å². The lowest BCUT2D eigenvalue weighted by Gasteiger charge is -2.33. The van der Waals surface area contributed by atoms with Gasteiger partial charge in [0.05, 0.1) is 0 Å². The van der Waals surface area contributed by atoms with E-state index in [4.69, 9.17) is 0 Å². The molecule has 1 rings (SSSR count). The summed E-state index contributed by atoms with van der Waals surface area (Å²) < 4.78 is 11.2. The SMILES string of the molecule is C=C(CBr)CN1CCS(=O)CC1C. The van der Waals surface area contributed by atoms with Crippen molar-refractivity contribution in [1.29, 1.82) is 0 Å². The highest BCUT2D eigenvalue weighted by Gasteiger charge is 2.22. The number of hydrogen-bond acceptors (Lipinski definition) is 2. The lowest BCUT2D eigenvalue weighted by molar-refractivity contribution is 0.250. The van der Waals surface area contributed by atoms with E-state index in [0.717, 1.165) is 29.9 Å². The van der Waals surface area contributed by atoms with Gasteiger partial charge in [0.25, 0.3) is 0 Å². The second kappa shape index (κ2) is 5.27. The van der Waals surface area contributed by atoms with E-state index in [2.05, 4.69) is 34.3 Å². The third kappa shape index (κ3) is 3.52. The average molecular weight is 266 g/mol. The Labute approximate surface area is 91.0 Å². The maximum atomic E-state index is 11.2. The number of halogens is 1. The molecule has 2 unspecified atom stereocenters.